The zero-order valence-corrected chi connectivity index (χ0v) is 8.81. The molecule has 0 bridgehead atoms. The Morgan fingerprint density at radius 2 is 1.58 bits per heavy atom. The summed E-state index contributed by atoms with van der Waals surface area (Å²) < 4.78 is 10.4. The lowest BCUT2D eigenvalue weighted by atomic mass is 10.3. The van der Waals surface area contributed by atoms with Crippen LogP contribution in [0, 0.1) is 0 Å². The molecule has 0 saturated heterocycles. The van der Waals surface area contributed by atoms with E-state index in [2.05, 4.69) is 0 Å². The van der Waals surface area contributed by atoms with Crippen molar-refractivity contribution in [2.45, 2.75) is 31.0 Å². The minimum Gasteiger partial charge on any atom is -0.351 e. The molecule has 0 radical (unpaired) electrons. The van der Waals surface area contributed by atoms with E-state index in [1.807, 2.05) is 13.8 Å². The average Bonchev–Trinajstić information content (AvgIpc) is 2.03. The first kappa shape index (κ1) is 12.5. The van der Waals surface area contributed by atoms with Gasteiger partial charge < -0.3 is 15.2 Å². The van der Waals surface area contributed by atoms with Gasteiger partial charge in [0, 0.05) is 13.2 Å². The van der Waals surface area contributed by atoms with Crippen LogP contribution in [-0.4, -0.2) is 30.4 Å². The fraction of sp³-hybridized carbons (Fsp3) is 1.00. The summed E-state index contributed by atoms with van der Waals surface area (Å²) in [7, 11) is 0. The lowest BCUT2D eigenvalue weighted by Crippen LogP contribution is -2.43. The van der Waals surface area contributed by atoms with Crippen LogP contribution >= 0.6 is 23.2 Å². The van der Waals surface area contributed by atoms with E-state index < -0.39 is 17.2 Å². The number of hydrogen-bond acceptors (Lipinski definition) is 3. The van der Waals surface area contributed by atoms with Gasteiger partial charge in [-0.05, 0) is 13.8 Å². The van der Waals surface area contributed by atoms with Crippen molar-refractivity contribution >= 4 is 23.2 Å². The van der Waals surface area contributed by atoms with Crippen LogP contribution in [-0.2, 0) is 9.47 Å². The topological polar surface area (TPSA) is 44.5 Å². The van der Waals surface area contributed by atoms with Gasteiger partial charge >= 0.3 is 0 Å². The van der Waals surface area contributed by atoms with E-state index >= 15 is 0 Å². The minimum atomic E-state index is -0.673. The van der Waals surface area contributed by atoms with Crippen molar-refractivity contribution in [2.75, 3.05) is 13.2 Å². The van der Waals surface area contributed by atoms with E-state index in [0.29, 0.717) is 13.2 Å². The molecule has 0 spiro atoms. The molecule has 74 valence electrons. The fourth-order valence-electron chi connectivity index (χ4n) is 0.718. The van der Waals surface area contributed by atoms with Gasteiger partial charge in [0.25, 0.3) is 0 Å². The lowest BCUT2D eigenvalue weighted by Gasteiger charge is -2.23. The Morgan fingerprint density at radius 1 is 1.17 bits per heavy atom. The summed E-state index contributed by atoms with van der Waals surface area (Å²) in [6, 6.07) is -0.506. The highest BCUT2D eigenvalue weighted by molar-refractivity contribution is 6.44. The van der Waals surface area contributed by atoms with Crippen molar-refractivity contribution in [1.82, 2.24) is 0 Å². The molecule has 0 heterocycles. The number of rotatable bonds is 6. The Hall–Kier alpha value is 0.460. The molecule has 0 aromatic rings. The maximum Gasteiger partial charge on any atom is 0.175 e. The van der Waals surface area contributed by atoms with Gasteiger partial charge in [-0.25, -0.2) is 0 Å². The van der Waals surface area contributed by atoms with Crippen molar-refractivity contribution in [2.24, 2.45) is 5.73 Å². The molecule has 0 saturated carbocycles. The van der Waals surface area contributed by atoms with Crippen LogP contribution in [0.25, 0.3) is 0 Å². The van der Waals surface area contributed by atoms with Gasteiger partial charge in [0.2, 0.25) is 0 Å². The third-order valence-corrected chi connectivity index (χ3v) is 1.85. The molecular formula is C7H15Cl2NO2. The highest BCUT2D eigenvalue weighted by atomic mass is 35.5. The van der Waals surface area contributed by atoms with Crippen molar-refractivity contribution < 1.29 is 9.47 Å². The summed E-state index contributed by atoms with van der Waals surface area (Å²) in [6.07, 6.45) is -0.514. The molecule has 0 aromatic heterocycles. The van der Waals surface area contributed by atoms with Crippen LogP contribution in [0.1, 0.15) is 13.8 Å². The summed E-state index contributed by atoms with van der Waals surface area (Å²) in [5.41, 5.74) is 5.62. The van der Waals surface area contributed by atoms with Crippen molar-refractivity contribution in [3.63, 3.8) is 0 Å². The third kappa shape index (κ3) is 4.48. The zero-order valence-electron chi connectivity index (χ0n) is 7.30. The summed E-state index contributed by atoms with van der Waals surface area (Å²) in [5, 5.41) is 0. The molecule has 0 fully saturated rings. The number of ether oxygens (including phenoxy) is 2. The number of hydrogen-bond donors (Lipinski definition) is 1. The molecule has 0 aromatic carbocycles. The van der Waals surface area contributed by atoms with Crippen molar-refractivity contribution in [1.29, 1.82) is 0 Å². The molecule has 3 nitrogen and oxygen atoms in total. The molecule has 12 heavy (non-hydrogen) atoms. The molecule has 2 N–H and O–H groups in total. The molecule has 0 aliphatic heterocycles. The average molecular weight is 216 g/mol. The van der Waals surface area contributed by atoms with Gasteiger partial charge in [-0.1, -0.05) is 0 Å². The van der Waals surface area contributed by atoms with Crippen LogP contribution in [0.15, 0.2) is 0 Å². The fourth-order valence-corrected chi connectivity index (χ4v) is 0.955. The normalized spacial score (nSPS) is 14.2. The van der Waals surface area contributed by atoms with Gasteiger partial charge in [-0.15, -0.1) is 23.2 Å². The van der Waals surface area contributed by atoms with E-state index in [9.17, 15) is 0 Å². The number of halogens is 2. The maximum absolute atomic E-state index is 5.62. The molecule has 1 unspecified atom stereocenters. The molecule has 5 heteroatoms. The maximum atomic E-state index is 5.62. The predicted octanol–water partition coefficient (Wildman–Crippen LogP) is 1.52. The van der Waals surface area contributed by atoms with E-state index in [1.54, 1.807) is 0 Å². The number of alkyl halides is 2. The molecular weight excluding hydrogens is 201 g/mol. The standard InChI is InChI=1S/C7H15Cl2NO2/c1-3-11-7(12-4-2)5(10)6(8)9/h5-7H,3-4,10H2,1-2H3. The van der Waals surface area contributed by atoms with Crippen LogP contribution in [0.4, 0.5) is 0 Å². The smallest absolute Gasteiger partial charge is 0.175 e. The van der Waals surface area contributed by atoms with Crippen molar-refractivity contribution in [3.8, 4) is 0 Å². The van der Waals surface area contributed by atoms with Crippen LogP contribution < -0.4 is 5.73 Å². The molecule has 0 rings (SSSR count). The van der Waals surface area contributed by atoms with Gasteiger partial charge in [0.15, 0.2) is 6.29 Å². The van der Waals surface area contributed by atoms with Crippen LogP contribution in [0.5, 0.6) is 0 Å². The first-order valence-electron chi connectivity index (χ1n) is 3.90. The van der Waals surface area contributed by atoms with Crippen molar-refractivity contribution in [3.05, 3.63) is 0 Å². The molecule has 0 aliphatic carbocycles. The molecule has 0 aliphatic rings. The minimum absolute atomic E-state index is 0.506. The third-order valence-electron chi connectivity index (χ3n) is 1.27. The summed E-state index contributed by atoms with van der Waals surface area (Å²) in [4.78, 5) is -0.673. The van der Waals surface area contributed by atoms with Crippen LogP contribution in [0.3, 0.4) is 0 Å². The highest BCUT2D eigenvalue weighted by Crippen LogP contribution is 2.12. The predicted molar refractivity (Wildman–Crippen MR) is 50.5 cm³/mol. The lowest BCUT2D eigenvalue weighted by molar-refractivity contribution is -0.146. The second kappa shape index (κ2) is 6.92. The number of nitrogens with two attached hydrogens (primary N) is 1. The zero-order chi connectivity index (χ0) is 9.56. The van der Waals surface area contributed by atoms with E-state index in [4.69, 9.17) is 38.4 Å². The SMILES string of the molecule is CCOC(OCC)C(N)C(Cl)Cl. The Kier molecular flexibility index (Phi) is 7.19. The summed E-state index contributed by atoms with van der Waals surface area (Å²) in [5.74, 6) is 0. The summed E-state index contributed by atoms with van der Waals surface area (Å²) >= 11 is 11.1. The monoisotopic (exact) mass is 215 g/mol. The van der Waals surface area contributed by atoms with Gasteiger partial charge in [-0.2, -0.15) is 0 Å². The van der Waals surface area contributed by atoms with Gasteiger partial charge in [0.1, 0.15) is 4.84 Å². The molecule has 0 amide bonds. The first-order valence-corrected chi connectivity index (χ1v) is 4.77. The Bertz CT molecular complexity index is 108. The van der Waals surface area contributed by atoms with E-state index in [1.165, 1.54) is 0 Å². The molecule has 1 atom stereocenters. The van der Waals surface area contributed by atoms with E-state index in [-0.39, 0.29) is 0 Å². The highest BCUT2D eigenvalue weighted by Gasteiger charge is 2.23. The van der Waals surface area contributed by atoms with Crippen LogP contribution in [0.2, 0.25) is 0 Å². The van der Waals surface area contributed by atoms with E-state index in [0.717, 1.165) is 0 Å². The second-order valence-electron chi connectivity index (χ2n) is 2.19. The quantitative estimate of drug-likeness (QED) is 0.540. The summed E-state index contributed by atoms with van der Waals surface area (Å²) in [6.45, 7) is 4.77. The Labute approximate surface area is 83.1 Å². The largest absolute Gasteiger partial charge is 0.351 e. The van der Waals surface area contributed by atoms with Gasteiger partial charge in [-0.3, -0.25) is 0 Å². The van der Waals surface area contributed by atoms with Gasteiger partial charge in [0.05, 0.1) is 6.04 Å². The Morgan fingerprint density at radius 3 is 1.83 bits per heavy atom. The second-order valence-corrected chi connectivity index (χ2v) is 3.35. The Balaban J connectivity index is 3.89. The first-order chi connectivity index (χ1) is 5.63.